The number of hydrogen-bond acceptors (Lipinski definition) is 4. The third kappa shape index (κ3) is 5.24. The summed E-state index contributed by atoms with van der Waals surface area (Å²) in [6, 6.07) is 11.4. The van der Waals surface area contributed by atoms with E-state index in [0.29, 0.717) is 19.0 Å². The molecule has 0 saturated heterocycles. The molecule has 0 spiro atoms. The maximum absolute atomic E-state index is 10.2. The molecule has 0 saturated carbocycles. The van der Waals surface area contributed by atoms with Crippen molar-refractivity contribution in [3.8, 4) is 5.75 Å². The third-order valence-electron chi connectivity index (χ3n) is 3.50. The van der Waals surface area contributed by atoms with Crippen LogP contribution in [0, 0.1) is 0 Å². The molecular formula is C18H24N4O2. The van der Waals surface area contributed by atoms with E-state index in [1.807, 2.05) is 31.2 Å². The van der Waals surface area contributed by atoms with Crippen LogP contribution in [0.2, 0.25) is 0 Å². The number of nitrogens with one attached hydrogen (secondary N) is 2. The number of aromatic nitrogens is 1. The van der Waals surface area contributed by atoms with E-state index in [1.54, 1.807) is 31.6 Å². The van der Waals surface area contributed by atoms with Gasteiger partial charge in [-0.2, -0.15) is 0 Å². The average molecular weight is 328 g/mol. The van der Waals surface area contributed by atoms with Gasteiger partial charge in [-0.15, -0.1) is 0 Å². The van der Waals surface area contributed by atoms with Crippen LogP contribution in [0.1, 0.15) is 24.2 Å². The van der Waals surface area contributed by atoms with Crippen LogP contribution < -0.4 is 15.4 Å². The molecule has 0 aliphatic carbocycles. The van der Waals surface area contributed by atoms with Gasteiger partial charge in [0.2, 0.25) is 0 Å². The number of ether oxygens (including phenoxy) is 1. The lowest BCUT2D eigenvalue weighted by Gasteiger charge is -2.15. The molecule has 1 aromatic heterocycles. The Balaban J connectivity index is 1.98. The standard InChI is InChI=1S/C18H24N4O2/c1-3-20-18(21-12-15-6-4-5-7-17(15)24-2)22-13-16(23)14-8-10-19-11-9-14/h4-11,16,23H,3,12-13H2,1-2H3,(H2,20,21,22). The highest BCUT2D eigenvalue weighted by Gasteiger charge is 2.08. The van der Waals surface area contributed by atoms with Gasteiger partial charge in [-0.25, -0.2) is 4.99 Å². The number of rotatable bonds is 7. The molecular weight excluding hydrogens is 304 g/mol. The van der Waals surface area contributed by atoms with Gasteiger partial charge in [0.1, 0.15) is 5.75 Å². The maximum atomic E-state index is 10.2. The van der Waals surface area contributed by atoms with Crippen molar-refractivity contribution in [1.29, 1.82) is 0 Å². The molecule has 6 nitrogen and oxygen atoms in total. The SMILES string of the molecule is CCNC(=NCc1ccccc1OC)NCC(O)c1ccncc1. The quantitative estimate of drug-likeness (QED) is 0.534. The lowest BCUT2D eigenvalue weighted by atomic mass is 10.1. The Hall–Kier alpha value is -2.60. The van der Waals surface area contributed by atoms with Crippen molar-refractivity contribution in [1.82, 2.24) is 15.6 Å². The van der Waals surface area contributed by atoms with Crippen LogP contribution in [-0.2, 0) is 6.54 Å². The van der Waals surface area contributed by atoms with E-state index in [9.17, 15) is 5.11 Å². The number of nitrogens with zero attached hydrogens (tertiary/aromatic N) is 2. The lowest BCUT2D eigenvalue weighted by molar-refractivity contribution is 0.180. The summed E-state index contributed by atoms with van der Waals surface area (Å²) in [6.45, 7) is 3.59. The van der Waals surface area contributed by atoms with Crippen molar-refractivity contribution in [3.63, 3.8) is 0 Å². The molecule has 1 atom stereocenters. The van der Waals surface area contributed by atoms with Gasteiger partial charge in [0.25, 0.3) is 0 Å². The fraction of sp³-hybridized carbons (Fsp3) is 0.333. The molecule has 1 aromatic carbocycles. The van der Waals surface area contributed by atoms with Crippen molar-refractivity contribution < 1.29 is 9.84 Å². The van der Waals surface area contributed by atoms with E-state index < -0.39 is 6.10 Å². The number of para-hydroxylation sites is 1. The summed E-state index contributed by atoms with van der Waals surface area (Å²) >= 11 is 0. The topological polar surface area (TPSA) is 78.8 Å². The Bertz CT molecular complexity index is 646. The van der Waals surface area contributed by atoms with Crippen LogP contribution >= 0.6 is 0 Å². The van der Waals surface area contributed by atoms with Crippen LogP contribution in [0.5, 0.6) is 5.75 Å². The van der Waals surface area contributed by atoms with Gasteiger partial charge in [0, 0.05) is 31.0 Å². The Morgan fingerprint density at radius 3 is 2.67 bits per heavy atom. The summed E-state index contributed by atoms with van der Waals surface area (Å²) < 4.78 is 5.34. The minimum Gasteiger partial charge on any atom is -0.496 e. The van der Waals surface area contributed by atoms with Crippen LogP contribution in [0.25, 0.3) is 0 Å². The molecule has 3 N–H and O–H groups in total. The number of methoxy groups -OCH3 is 1. The summed E-state index contributed by atoms with van der Waals surface area (Å²) in [5, 5.41) is 16.5. The second kappa shape index (κ2) is 9.52. The molecule has 128 valence electrons. The van der Waals surface area contributed by atoms with E-state index in [4.69, 9.17) is 4.74 Å². The fourth-order valence-corrected chi connectivity index (χ4v) is 2.24. The van der Waals surface area contributed by atoms with Crippen molar-refractivity contribution in [3.05, 3.63) is 59.9 Å². The summed E-state index contributed by atoms with van der Waals surface area (Å²) in [5.41, 5.74) is 1.82. The number of aliphatic hydroxyl groups is 1. The molecule has 0 aliphatic rings. The molecule has 0 radical (unpaired) electrons. The number of aliphatic hydroxyl groups excluding tert-OH is 1. The number of benzene rings is 1. The van der Waals surface area contributed by atoms with Crippen molar-refractivity contribution in [2.45, 2.75) is 19.6 Å². The Labute approximate surface area is 142 Å². The zero-order chi connectivity index (χ0) is 17.2. The molecule has 1 unspecified atom stereocenters. The van der Waals surface area contributed by atoms with Gasteiger partial charge >= 0.3 is 0 Å². The maximum Gasteiger partial charge on any atom is 0.191 e. The first-order chi connectivity index (χ1) is 11.7. The van der Waals surface area contributed by atoms with E-state index in [-0.39, 0.29) is 0 Å². The van der Waals surface area contributed by atoms with Crippen molar-refractivity contribution >= 4 is 5.96 Å². The smallest absolute Gasteiger partial charge is 0.191 e. The monoisotopic (exact) mass is 328 g/mol. The van der Waals surface area contributed by atoms with E-state index in [1.165, 1.54) is 0 Å². The predicted octanol–water partition coefficient (Wildman–Crippen LogP) is 1.88. The molecule has 0 fully saturated rings. The van der Waals surface area contributed by atoms with Crippen LogP contribution in [-0.4, -0.2) is 36.2 Å². The second-order valence-electron chi connectivity index (χ2n) is 5.18. The van der Waals surface area contributed by atoms with Crippen LogP contribution in [0.15, 0.2) is 53.8 Å². The van der Waals surface area contributed by atoms with Gasteiger partial charge in [-0.05, 0) is 30.7 Å². The summed E-state index contributed by atoms with van der Waals surface area (Å²) in [7, 11) is 1.65. The largest absolute Gasteiger partial charge is 0.496 e. The van der Waals surface area contributed by atoms with Gasteiger partial charge in [0.05, 0.1) is 19.8 Å². The highest BCUT2D eigenvalue weighted by Crippen LogP contribution is 2.17. The van der Waals surface area contributed by atoms with E-state index in [0.717, 1.165) is 23.4 Å². The predicted molar refractivity (Wildman–Crippen MR) is 95.0 cm³/mol. The van der Waals surface area contributed by atoms with Gasteiger partial charge in [-0.3, -0.25) is 4.98 Å². The molecule has 6 heteroatoms. The fourth-order valence-electron chi connectivity index (χ4n) is 2.24. The van der Waals surface area contributed by atoms with Crippen molar-refractivity contribution in [2.75, 3.05) is 20.2 Å². The number of hydrogen-bond donors (Lipinski definition) is 3. The first-order valence-corrected chi connectivity index (χ1v) is 7.96. The van der Waals surface area contributed by atoms with E-state index >= 15 is 0 Å². The summed E-state index contributed by atoms with van der Waals surface area (Å²) in [6.07, 6.45) is 2.71. The molecule has 0 amide bonds. The van der Waals surface area contributed by atoms with Crippen LogP contribution in [0.4, 0.5) is 0 Å². The molecule has 24 heavy (non-hydrogen) atoms. The summed E-state index contributed by atoms with van der Waals surface area (Å²) in [4.78, 5) is 8.50. The first-order valence-electron chi connectivity index (χ1n) is 7.96. The minimum atomic E-state index is -0.622. The lowest BCUT2D eigenvalue weighted by Crippen LogP contribution is -2.39. The normalized spacial score (nSPS) is 12.5. The second-order valence-corrected chi connectivity index (χ2v) is 5.18. The van der Waals surface area contributed by atoms with Gasteiger partial charge < -0.3 is 20.5 Å². The highest BCUT2D eigenvalue weighted by molar-refractivity contribution is 5.79. The Morgan fingerprint density at radius 2 is 1.96 bits per heavy atom. The van der Waals surface area contributed by atoms with Gasteiger partial charge in [-0.1, -0.05) is 18.2 Å². The number of guanidine groups is 1. The molecule has 2 rings (SSSR count). The molecule has 1 heterocycles. The van der Waals surface area contributed by atoms with E-state index in [2.05, 4.69) is 20.6 Å². The zero-order valence-corrected chi connectivity index (χ0v) is 14.1. The third-order valence-corrected chi connectivity index (χ3v) is 3.50. The first kappa shape index (κ1) is 17.7. The highest BCUT2D eigenvalue weighted by atomic mass is 16.5. The molecule has 2 aromatic rings. The van der Waals surface area contributed by atoms with Crippen molar-refractivity contribution in [2.24, 2.45) is 4.99 Å². The number of pyridine rings is 1. The zero-order valence-electron chi connectivity index (χ0n) is 14.1. The Morgan fingerprint density at radius 1 is 1.21 bits per heavy atom. The summed E-state index contributed by atoms with van der Waals surface area (Å²) in [5.74, 6) is 1.46. The number of aliphatic imine (C=N–C) groups is 1. The molecule has 0 aliphatic heterocycles. The minimum absolute atomic E-state index is 0.363. The Kier molecular flexibility index (Phi) is 7.04. The molecule has 0 bridgehead atoms. The van der Waals surface area contributed by atoms with Crippen LogP contribution in [0.3, 0.4) is 0 Å². The average Bonchev–Trinajstić information content (AvgIpc) is 2.64. The van der Waals surface area contributed by atoms with Gasteiger partial charge in [0.15, 0.2) is 5.96 Å².